The molecule has 0 spiro atoms. The Morgan fingerprint density at radius 3 is 2.38 bits per heavy atom. The molecule has 0 radical (unpaired) electrons. The molecule has 0 amide bonds. The van der Waals surface area contributed by atoms with Gasteiger partial charge in [-0.25, -0.2) is 13.1 Å². The average molecular weight is 331 g/mol. The van der Waals surface area contributed by atoms with Crippen molar-refractivity contribution in [1.82, 2.24) is 10.0 Å². The lowest BCUT2D eigenvalue weighted by Crippen LogP contribution is -2.29. The summed E-state index contributed by atoms with van der Waals surface area (Å²) in [5.41, 5.74) is 0.00318. The number of nitrogens with one attached hydrogen (secondary N) is 2. The standard InChI is InChI=1S/C15H26N2O2S2/c1-6-7-16-9-11-8-12(10-20-11)21(18,19)17-13-14(2,3)15(13,4)5/h8,10,13,16-17H,6-7,9H2,1-5H3. The van der Waals surface area contributed by atoms with Crippen molar-refractivity contribution in [3.8, 4) is 0 Å². The predicted octanol–water partition coefficient (Wildman–Crippen LogP) is 2.96. The van der Waals surface area contributed by atoms with E-state index in [0.717, 1.165) is 24.4 Å². The van der Waals surface area contributed by atoms with Gasteiger partial charge >= 0.3 is 0 Å². The summed E-state index contributed by atoms with van der Waals surface area (Å²) >= 11 is 1.49. The van der Waals surface area contributed by atoms with Crippen LogP contribution in [0.3, 0.4) is 0 Å². The van der Waals surface area contributed by atoms with Crippen molar-refractivity contribution in [2.24, 2.45) is 10.8 Å². The lowest BCUT2D eigenvalue weighted by Gasteiger charge is -2.06. The van der Waals surface area contributed by atoms with Crippen molar-refractivity contribution in [3.63, 3.8) is 0 Å². The molecule has 1 heterocycles. The summed E-state index contributed by atoms with van der Waals surface area (Å²) in [4.78, 5) is 1.44. The van der Waals surface area contributed by atoms with Gasteiger partial charge in [-0.15, -0.1) is 11.3 Å². The van der Waals surface area contributed by atoms with Crippen LogP contribution in [-0.2, 0) is 16.6 Å². The number of hydrogen-bond acceptors (Lipinski definition) is 4. The molecule has 0 aromatic carbocycles. The molecular formula is C15H26N2O2S2. The minimum atomic E-state index is -3.42. The van der Waals surface area contributed by atoms with Crippen molar-refractivity contribution < 1.29 is 8.42 Å². The van der Waals surface area contributed by atoms with E-state index in [-0.39, 0.29) is 16.9 Å². The van der Waals surface area contributed by atoms with E-state index in [9.17, 15) is 8.42 Å². The van der Waals surface area contributed by atoms with Gasteiger partial charge in [0.05, 0.1) is 4.90 Å². The Hall–Kier alpha value is -0.430. The highest BCUT2D eigenvalue weighted by molar-refractivity contribution is 7.89. The second kappa shape index (κ2) is 5.65. The minimum absolute atomic E-state index is 0.00159. The van der Waals surface area contributed by atoms with Crippen molar-refractivity contribution >= 4 is 21.4 Å². The Bertz CT molecular complexity index is 589. The van der Waals surface area contributed by atoms with E-state index in [1.54, 1.807) is 11.4 Å². The Morgan fingerprint density at radius 1 is 1.24 bits per heavy atom. The fraction of sp³-hybridized carbons (Fsp3) is 0.733. The number of rotatable bonds is 7. The largest absolute Gasteiger partial charge is 0.312 e. The molecule has 0 aliphatic heterocycles. The zero-order chi connectivity index (χ0) is 15.9. The first-order valence-electron chi connectivity index (χ1n) is 7.43. The smallest absolute Gasteiger partial charge is 0.241 e. The van der Waals surface area contributed by atoms with E-state index in [1.807, 2.05) is 0 Å². The maximum atomic E-state index is 12.5. The van der Waals surface area contributed by atoms with Crippen LogP contribution in [0.4, 0.5) is 0 Å². The van der Waals surface area contributed by atoms with Crippen LogP contribution in [-0.4, -0.2) is 21.0 Å². The molecule has 0 unspecified atom stereocenters. The molecule has 0 saturated heterocycles. The maximum Gasteiger partial charge on any atom is 0.241 e. The fourth-order valence-corrected chi connectivity index (χ4v) is 5.47. The number of thiophene rings is 1. The number of hydrogen-bond donors (Lipinski definition) is 2. The summed E-state index contributed by atoms with van der Waals surface area (Å²) in [5, 5.41) is 5.02. The van der Waals surface area contributed by atoms with Gasteiger partial charge in [-0.3, -0.25) is 0 Å². The SMILES string of the molecule is CCCNCc1cc(S(=O)(=O)NC2C(C)(C)C2(C)C)cs1. The highest BCUT2D eigenvalue weighted by Crippen LogP contribution is 2.62. The normalized spacial score (nSPS) is 20.6. The van der Waals surface area contributed by atoms with Crippen LogP contribution >= 0.6 is 11.3 Å². The Balaban J connectivity index is 2.04. The first-order valence-corrected chi connectivity index (χ1v) is 9.79. The lowest BCUT2D eigenvalue weighted by molar-refractivity contribution is 0.457. The summed E-state index contributed by atoms with van der Waals surface area (Å²) in [6, 6.07) is 1.77. The van der Waals surface area contributed by atoms with Gasteiger partial charge in [0.25, 0.3) is 0 Å². The van der Waals surface area contributed by atoms with Gasteiger partial charge in [0.15, 0.2) is 0 Å². The van der Waals surface area contributed by atoms with E-state index in [2.05, 4.69) is 44.7 Å². The van der Waals surface area contributed by atoms with E-state index in [0.29, 0.717) is 4.90 Å². The topological polar surface area (TPSA) is 58.2 Å². The molecule has 2 N–H and O–H groups in total. The zero-order valence-corrected chi connectivity index (χ0v) is 15.1. The van der Waals surface area contributed by atoms with Gasteiger partial charge in [0.2, 0.25) is 10.0 Å². The molecule has 1 aliphatic carbocycles. The quantitative estimate of drug-likeness (QED) is 0.756. The van der Waals surface area contributed by atoms with Crippen molar-refractivity contribution in [1.29, 1.82) is 0 Å². The first kappa shape index (κ1) is 16.9. The van der Waals surface area contributed by atoms with E-state index >= 15 is 0 Å². The van der Waals surface area contributed by atoms with Crippen LogP contribution in [0.25, 0.3) is 0 Å². The van der Waals surface area contributed by atoms with Crippen LogP contribution in [0.2, 0.25) is 0 Å². The molecular weight excluding hydrogens is 304 g/mol. The third-order valence-corrected chi connectivity index (χ3v) is 7.45. The van der Waals surface area contributed by atoms with Gasteiger partial charge in [0.1, 0.15) is 0 Å². The molecule has 1 aliphatic rings. The van der Waals surface area contributed by atoms with Crippen LogP contribution in [0.5, 0.6) is 0 Å². The Kier molecular flexibility index (Phi) is 4.55. The van der Waals surface area contributed by atoms with Gasteiger partial charge in [-0.1, -0.05) is 34.6 Å². The second-order valence-electron chi connectivity index (χ2n) is 6.92. The Labute approximate surface area is 132 Å². The summed E-state index contributed by atoms with van der Waals surface area (Å²) < 4.78 is 27.8. The third kappa shape index (κ3) is 3.18. The van der Waals surface area contributed by atoms with Crippen molar-refractivity contribution in [2.45, 2.75) is 58.5 Å². The molecule has 120 valence electrons. The molecule has 1 aromatic rings. The molecule has 2 rings (SSSR count). The summed E-state index contributed by atoms with van der Waals surface area (Å²) in [6.07, 6.45) is 1.07. The van der Waals surface area contributed by atoms with Crippen LogP contribution in [0.1, 0.15) is 45.9 Å². The highest BCUT2D eigenvalue weighted by Gasteiger charge is 2.66. The average Bonchev–Trinajstić information content (AvgIpc) is 2.78. The minimum Gasteiger partial charge on any atom is -0.312 e. The molecule has 1 aromatic heterocycles. The molecule has 21 heavy (non-hydrogen) atoms. The van der Waals surface area contributed by atoms with Crippen LogP contribution < -0.4 is 10.0 Å². The van der Waals surface area contributed by atoms with E-state index in [4.69, 9.17) is 0 Å². The van der Waals surface area contributed by atoms with Gasteiger partial charge < -0.3 is 5.32 Å². The molecule has 1 saturated carbocycles. The van der Waals surface area contributed by atoms with Gasteiger partial charge in [-0.2, -0.15) is 0 Å². The third-order valence-electron chi connectivity index (χ3n) is 4.96. The van der Waals surface area contributed by atoms with Crippen LogP contribution in [0.15, 0.2) is 16.3 Å². The van der Waals surface area contributed by atoms with Gasteiger partial charge in [-0.05, 0) is 29.9 Å². The first-order chi connectivity index (χ1) is 9.63. The molecule has 1 fully saturated rings. The maximum absolute atomic E-state index is 12.5. The monoisotopic (exact) mass is 330 g/mol. The highest BCUT2D eigenvalue weighted by atomic mass is 32.2. The van der Waals surface area contributed by atoms with Crippen molar-refractivity contribution in [3.05, 3.63) is 16.3 Å². The summed E-state index contributed by atoms with van der Waals surface area (Å²) in [7, 11) is -3.42. The van der Waals surface area contributed by atoms with Crippen LogP contribution in [0, 0.1) is 10.8 Å². The van der Waals surface area contributed by atoms with Crippen molar-refractivity contribution in [2.75, 3.05) is 6.54 Å². The molecule has 4 nitrogen and oxygen atoms in total. The zero-order valence-electron chi connectivity index (χ0n) is 13.5. The molecule has 6 heteroatoms. The van der Waals surface area contributed by atoms with Gasteiger partial charge in [0, 0.05) is 22.8 Å². The lowest BCUT2D eigenvalue weighted by atomic mass is 10.0. The molecule has 0 atom stereocenters. The second-order valence-corrected chi connectivity index (χ2v) is 9.63. The number of sulfonamides is 1. The summed E-state index contributed by atoms with van der Waals surface area (Å²) in [5.74, 6) is 0. The van der Waals surface area contributed by atoms with E-state index in [1.165, 1.54) is 11.3 Å². The predicted molar refractivity (Wildman–Crippen MR) is 88.0 cm³/mol. The Morgan fingerprint density at radius 2 is 1.86 bits per heavy atom. The van der Waals surface area contributed by atoms with E-state index < -0.39 is 10.0 Å². The fourth-order valence-electron chi connectivity index (χ4n) is 2.70. The summed E-state index contributed by atoms with van der Waals surface area (Å²) in [6.45, 7) is 12.2. The molecule has 0 bridgehead atoms.